The third-order valence-corrected chi connectivity index (χ3v) is 8.68. The van der Waals surface area contributed by atoms with Crippen LogP contribution in [0.4, 0.5) is 0 Å². The number of hydrogen-bond donors (Lipinski definition) is 1. The fraction of sp³-hybridized carbons (Fsp3) is 0.545. The molecule has 2 aliphatic rings. The van der Waals surface area contributed by atoms with Gasteiger partial charge in [0.25, 0.3) is 0 Å². The van der Waals surface area contributed by atoms with Crippen LogP contribution >= 0.6 is 0 Å². The first kappa shape index (κ1) is 26.8. The molecule has 0 saturated carbocycles. The molecule has 0 atom stereocenters. The summed E-state index contributed by atoms with van der Waals surface area (Å²) in [4.78, 5) is 21.4. The molecule has 0 unspecified atom stereocenters. The molecule has 1 aromatic heterocycles. The second kappa shape index (κ2) is 12.4. The zero-order chi connectivity index (χ0) is 26.4. The lowest BCUT2D eigenvalue weighted by Crippen LogP contribution is -2.49. The number of hydrogen-bond acceptors (Lipinski definition) is 3. The molecule has 1 N–H and O–H groups in total. The first-order valence-corrected chi connectivity index (χ1v) is 14.8. The Balaban J connectivity index is 1.21. The van der Waals surface area contributed by atoms with Crippen molar-refractivity contribution >= 4 is 16.8 Å². The monoisotopic (exact) mass is 515 g/mol. The number of aromatic amines is 1. The Morgan fingerprint density at radius 2 is 1.79 bits per heavy atom. The minimum atomic E-state index is 0.293. The largest absolute Gasteiger partial charge is 0.492 e. The summed E-state index contributed by atoms with van der Waals surface area (Å²) in [6.07, 6.45) is 10.4. The lowest BCUT2D eigenvalue weighted by Gasteiger charge is -2.45. The quantitative estimate of drug-likeness (QED) is 0.423. The van der Waals surface area contributed by atoms with E-state index in [1.54, 1.807) is 0 Å². The molecular formula is C33H45N3O2. The molecule has 1 spiro atoms. The topological polar surface area (TPSA) is 48.6 Å². The number of nitrogens with one attached hydrogen (secondary N) is 1. The van der Waals surface area contributed by atoms with Crippen molar-refractivity contribution < 1.29 is 9.53 Å². The molecular weight excluding hydrogens is 470 g/mol. The van der Waals surface area contributed by atoms with Crippen LogP contribution in [0.3, 0.4) is 0 Å². The SMILES string of the molecule is CC(C)CN1CCOc2ccccc2CCCCC2(CCN(C(=O)CCc3c[nH]c4ccccc34)CC2)C1. The average molecular weight is 516 g/mol. The van der Waals surface area contributed by atoms with E-state index in [0.29, 0.717) is 23.7 Å². The fourth-order valence-electron chi connectivity index (χ4n) is 6.63. The van der Waals surface area contributed by atoms with Gasteiger partial charge in [0.15, 0.2) is 0 Å². The standard InChI is InChI=1S/C33H45N3O2/c1-26(2)24-35-21-22-38-31-13-6-3-9-27(31)10-7-8-16-33(25-35)17-19-36(20-18-33)32(37)15-14-28-23-34-30-12-5-4-11-29(28)30/h3-6,9,11-13,23,26,34H,7-8,10,14-22,24-25H2,1-2H3. The van der Waals surface area contributed by atoms with Crippen molar-refractivity contribution in [3.63, 3.8) is 0 Å². The van der Waals surface area contributed by atoms with E-state index in [4.69, 9.17) is 4.74 Å². The van der Waals surface area contributed by atoms with E-state index in [0.717, 1.165) is 76.3 Å². The molecule has 3 aromatic rings. The lowest BCUT2D eigenvalue weighted by molar-refractivity contribution is -0.133. The fourth-order valence-corrected chi connectivity index (χ4v) is 6.63. The maximum Gasteiger partial charge on any atom is 0.222 e. The lowest BCUT2D eigenvalue weighted by atomic mass is 9.73. The van der Waals surface area contributed by atoms with E-state index < -0.39 is 0 Å². The summed E-state index contributed by atoms with van der Waals surface area (Å²) in [6, 6.07) is 16.9. The van der Waals surface area contributed by atoms with Gasteiger partial charge >= 0.3 is 0 Å². The number of H-pyrrole nitrogens is 1. The van der Waals surface area contributed by atoms with Gasteiger partial charge in [-0.1, -0.05) is 56.7 Å². The Labute approximate surface area is 228 Å². The Kier molecular flexibility index (Phi) is 8.73. The highest BCUT2D eigenvalue weighted by Crippen LogP contribution is 2.39. The van der Waals surface area contributed by atoms with E-state index in [1.807, 2.05) is 6.07 Å². The van der Waals surface area contributed by atoms with Crippen LogP contribution in [0, 0.1) is 11.3 Å². The van der Waals surface area contributed by atoms with Gasteiger partial charge in [0, 0.05) is 56.2 Å². The molecule has 0 radical (unpaired) electrons. The zero-order valence-electron chi connectivity index (χ0n) is 23.4. The van der Waals surface area contributed by atoms with Gasteiger partial charge in [0.1, 0.15) is 12.4 Å². The molecule has 1 amide bonds. The van der Waals surface area contributed by atoms with Crippen LogP contribution < -0.4 is 4.74 Å². The second-order valence-electron chi connectivity index (χ2n) is 12.0. The highest BCUT2D eigenvalue weighted by molar-refractivity contribution is 5.84. The van der Waals surface area contributed by atoms with Crippen LogP contribution in [0.25, 0.3) is 10.9 Å². The predicted octanol–water partition coefficient (Wildman–Crippen LogP) is 6.47. The molecule has 5 rings (SSSR count). The van der Waals surface area contributed by atoms with E-state index in [9.17, 15) is 4.79 Å². The van der Waals surface area contributed by atoms with Gasteiger partial charge < -0.3 is 14.6 Å². The molecule has 2 aliphatic heterocycles. The van der Waals surface area contributed by atoms with Crippen LogP contribution in [0.1, 0.15) is 63.5 Å². The second-order valence-corrected chi connectivity index (χ2v) is 12.0. The highest BCUT2D eigenvalue weighted by atomic mass is 16.5. The summed E-state index contributed by atoms with van der Waals surface area (Å²) in [5.41, 5.74) is 4.03. The Hall–Kier alpha value is -2.79. The Bertz CT molecular complexity index is 1190. The predicted molar refractivity (Wildman–Crippen MR) is 156 cm³/mol. The maximum absolute atomic E-state index is 13.2. The van der Waals surface area contributed by atoms with Crippen molar-refractivity contribution in [2.45, 2.75) is 65.2 Å². The number of amides is 1. The maximum atomic E-state index is 13.2. The number of carbonyl (C=O) groups is 1. The smallest absolute Gasteiger partial charge is 0.222 e. The van der Waals surface area contributed by atoms with Crippen molar-refractivity contribution in [3.8, 4) is 5.75 Å². The minimum Gasteiger partial charge on any atom is -0.492 e. The van der Waals surface area contributed by atoms with Crippen molar-refractivity contribution in [3.05, 3.63) is 65.9 Å². The zero-order valence-corrected chi connectivity index (χ0v) is 23.4. The van der Waals surface area contributed by atoms with Gasteiger partial charge in [-0.05, 0) is 73.1 Å². The first-order chi connectivity index (χ1) is 18.5. The number of likely N-dealkylation sites (tertiary alicyclic amines) is 1. The number of aromatic nitrogens is 1. The van der Waals surface area contributed by atoms with Crippen molar-refractivity contribution in [1.82, 2.24) is 14.8 Å². The van der Waals surface area contributed by atoms with Crippen LogP contribution in [-0.2, 0) is 17.6 Å². The van der Waals surface area contributed by atoms with Crippen LogP contribution in [0.5, 0.6) is 5.75 Å². The Morgan fingerprint density at radius 1 is 1.00 bits per heavy atom. The summed E-state index contributed by atoms with van der Waals surface area (Å²) in [5, 5.41) is 1.24. The van der Waals surface area contributed by atoms with Crippen molar-refractivity contribution in [2.24, 2.45) is 11.3 Å². The highest BCUT2D eigenvalue weighted by Gasteiger charge is 2.37. The number of aryl methyl sites for hydroxylation is 2. The first-order valence-electron chi connectivity index (χ1n) is 14.8. The van der Waals surface area contributed by atoms with Gasteiger partial charge in [0.2, 0.25) is 5.91 Å². The van der Waals surface area contributed by atoms with Gasteiger partial charge in [-0.2, -0.15) is 0 Å². The molecule has 204 valence electrons. The van der Waals surface area contributed by atoms with E-state index >= 15 is 0 Å². The summed E-state index contributed by atoms with van der Waals surface area (Å²) >= 11 is 0. The van der Waals surface area contributed by atoms with E-state index in [-0.39, 0.29) is 0 Å². The molecule has 1 saturated heterocycles. The van der Waals surface area contributed by atoms with Crippen molar-refractivity contribution in [2.75, 3.05) is 39.3 Å². The molecule has 2 aromatic carbocycles. The van der Waals surface area contributed by atoms with Crippen LogP contribution in [-0.4, -0.2) is 60.0 Å². The van der Waals surface area contributed by atoms with Crippen LogP contribution in [0.2, 0.25) is 0 Å². The third-order valence-electron chi connectivity index (χ3n) is 8.68. The molecule has 5 heteroatoms. The number of piperidine rings is 1. The van der Waals surface area contributed by atoms with Gasteiger partial charge in [-0.15, -0.1) is 0 Å². The summed E-state index contributed by atoms with van der Waals surface area (Å²) in [7, 11) is 0. The summed E-state index contributed by atoms with van der Waals surface area (Å²) in [5.74, 6) is 1.99. The normalized spacial score (nSPS) is 19.1. The summed E-state index contributed by atoms with van der Waals surface area (Å²) < 4.78 is 6.28. The number of benzene rings is 2. The molecule has 0 bridgehead atoms. The molecule has 1 fully saturated rings. The number of nitrogens with zero attached hydrogens (tertiary/aromatic N) is 2. The minimum absolute atomic E-state index is 0.293. The third kappa shape index (κ3) is 6.61. The Morgan fingerprint density at radius 3 is 2.63 bits per heavy atom. The van der Waals surface area contributed by atoms with Gasteiger partial charge in [0.05, 0.1) is 0 Å². The number of carbonyl (C=O) groups excluding carboxylic acids is 1. The molecule has 5 nitrogen and oxygen atoms in total. The number of ether oxygens (including phenoxy) is 1. The number of fused-ring (bicyclic) bond motifs is 2. The van der Waals surface area contributed by atoms with Gasteiger partial charge in [-0.25, -0.2) is 0 Å². The number of rotatable bonds is 5. The van der Waals surface area contributed by atoms with Crippen LogP contribution in [0.15, 0.2) is 54.7 Å². The van der Waals surface area contributed by atoms with E-state index in [1.165, 1.54) is 35.8 Å². The van der Waals surface area contributed by atoms with Gasteiger partial charge in [-0.3, -0.25) is 9.69 Å². The van der Waals surface area contributed by atoms with Crippen molar-refractivity contribution in [1.29, 1.82) is 0 Å². The summed E-state index contributed by atoms with van der Waals surface area (Å²) in [6.45, 7) is 10.3. The number of para-hydroxylation sites is 2. The van der Waals surface area contributed by atoms with E-state index in [2.05, 4.69) is 77.3 Å². The molecule has 38 heavy (non-hydrogen) atoms. The molecule has 0 aliphatic carbocycles. The average Bonchev–Trinajstić information content (AvgIpc) is 3.33. The molecule has 3 heterocycles.